The largest absolute Gasteiger partial charge is 0.466 e. The second-order valence-corrected chi connectivity index (χ2v) is 24.9. The van der Waals surface area contributed by atoms with Crippen molar-refractivity contribution < 1.29 is 24.5 Å². The molecule has 0 bridgehead atoms. The normalized spacial score (nSPS) is 12.6. The van der Waals surface area contributed by atoms with Crippen LogP contribution in [0.4, 0.5) is 0 Å². The van der Waals surface area contributed by atoms with E-state index < -0.39 is 12.1 Å². The van der Waals surface area contributed by atoms with Crippen LogP contribution in [0.5, 0.6) is 0 Å². The summed E-state index contributed by atoms with van der Waals surface area (Å²) in [6, 6.07) is -0.548. The number of esters is 1. The number of hydrogen-bond acceptors (Lipinski definition) is 5. The number of carbonyl (C=O) groups excluding carboxylic acids is 2. The van der Waals surface area contributed by atoms with Gasteiger partial charge in [0.25, 0.3) is 0 Å². The molecular formula is C73H141NO5. The maximum absolute atomic E-state index is 12.6. The molecule has 0 aliphatic heterocycles. The van der Waals surface area contributed by atoms with Crippen LogP contribution >= 0.6 is 0 Å². The van der Waals surface area contributed by atoms with Gasteiger partial charge in [-0.3, -0.25) is 9.59 Å². The molecule has 0 aromatic carbocycles. The minimum Gasteiger partial charge on any atom is -0.466 e. The molecule has 0 aliphatic rings. The Balaban J connectivity index is 3.41. The van der Waals surface area contributed by atoms with Crippen molar-refractivity contribution in [2.24, 2.45) is 0 Å². The van der Waals surface area contributed by atoms with E-state index in [4.69, 9.17) is 4.74 Å². The second-order valence-electron chi connectivity index (χ2n) is 24.9. The van der Waals surface area contributed by atoms with Gasteiger partial charge in [0.05, 0.1) is 25.4 Å². The third-order valence-corrected chi connectivity index (χ3v) is 17.0. The Morgan fingerprint density at radius 1 is 0.342 bits per heavy atom. The number of aliphatic hydroxyl groups excluding tert-OH is 2. The van der Waals surface area contributed by atoms with E-state index in [2.05, 4.69) is 43.5 Å². The van der Waals surface area contributed by atoms with E-state index >= 15 is 0 Å². The fourth-order valence-electron chi connectivity index (χ4n) is 11.5. The van der Waals surface area contributed by atoms with Gasteiger partial charge >= 0.3 is 5.97 Å². The summed E-state index contributed by atoms with van der Waals surface area (Å²) in [5.41, 5.74) is 0. The summed E-state index contributed by atoms with van der Waals surface area (Å²) in [4.78, 5) is 24.6. The van der Waals surface area contributed by atoms with Crippen molar-refractivity contribution in [3.8, 4) is 0 Å². The Hall–Kier alpha value is -1.66. The van der Waals surface area contributed by atoms with Gasteiger partial charge in [0.1, 0.15) is 0 Å². The fourth-order valence-corrected chi connectivity index (χ4v) is 11.5. The molecule has 2 unspecified atom stereocenters. The molecule has 0 saturated heterocycles. The van der Waals surface area contributed by atoms with Crippen molar-refractivity contribution in [2.75, 3.05) is 13.2 Å². The maximum Gasteiger partial charge on any atom is 0.305 e. The zero-order valence-corrected chi connectivity index (χ0v) is 53.6. The summed E-state index contributed by atoms with van der Waals surface area (Å²) in [5.74, 6) is -0.0325. The summed E-state index contributed by atoms with van der Waals surface area (Å²) < 4.78 is 5.48. The van der Waals surface area contributed by atoms with Crippen LogP contribution in [0.3, 0.4) is 0 Å². The molecule has 0 rings (SSSR count). The SMILES string of the molecule is CCCCCCC/C=C\CCCCCCCC(=O)OCCCCCCCCCCCCCC/C=C\CCCCCCCCCC(=O)NC(CO)C(O)CCCCCCCCCCCCCCCCCCCCCCCCCCC. The van der Waals surface area contributed by atoms with Crippen molar-refractivity contribution in [1.29, 1.82) is 0 Å². The summed E-state index contributed by atoms with van der Waals surface area (Å²) in [5, 5.41) is 23.4. The lowest BCUT2D eigenvalue weighted by atomic mass is 10.0. The first-order chi connectivity index (χ1) is 39.0. The van der Waals surface area contributed by atoms with Gasteiger partial charge < -0.3 is 20.3 Å². The quantitative estimate of drug-likeness (QED) is 0.0320. The monoisotopic (exact) mass is 1110 g/mol. The summed E-state index contributed by atoms with van der Waals surface area (Å²) in [6.45, 7) is 4.98. The van der Waals surface area contributed by atoms with E-state index in [0.29, 0.717) is 25.9 Å². The van der Waals surface area contributed by atoms with Gasteiger partial charge in [-0.25, -0.2) is 0 Å². The minimum atomic E-state index is -0.670. The number of unbranched alkanes of at least 4 members (excludes halogenated alkanes) is 53. The lowest BCUT2D eigenvalue weighted by Gasteiger charge is -2.22. The van der Waals surface area contributed by atoms with Crippen LogP contribution < -0.4 is 5.32 Å². The highest BCUT2D eigenvalue weighted by molar-refractivity contribution is 5.76. The molecule has 0 aromatic rings. The van der Waals surface area contributed by atoms with Crippen LogP contribution in [0.15, 0.2) is 24.3 Å². The van der Waals surface area contributed by atoms with E-state index in [-0.39, 0.29) is 18.5 Å². The first kappa shape index (κ1) is 77.3. The summed E-state index contributed by atoms with van der Waals surface area (Å²) >= 11 is 0. The molecule has 468 valence electrons. The average Bonchev–Trinajstić information content (AvgIpc) is 3.45. The van der Waals surface area contributed by atoms with Crippen molar-refractivity contribution in [1.82, 2.24) is 5.32 Å². The van der Waals surface area contributed by atoms with Gasteiger partial charge in [-0.15, -0.1) is 0 Å². The van der Waals surface area contributed by atoms with Gasteiger partial charge in [-0.05, 0) is 77.0 Å². The van der Waals surface area contributed by atoms with Crippen LogP contribution in [0.25, 0.3) is 0 Å². The molecule has 6 nitrogen and oxygen atoms in total. The van der Waals surface area contributed by atoms with E-state index in [9.17, 15) is 19.8 Å². The number of aliphatic hydroxyl groups is 2. The summed E-state index contributed by atoms with van der Waals surface area (Å²) in [6.07, 6.45) is 86.6. The molecule has 79 heavy (non-hydrogen) atoms. The number of rotatable bonds is 68. The van der Waals surface area contributed by atoms with Crippen molar-refractivity contribution in [2.45, 2.75) is 418 Å². The number of nitrogens with one attached hydrogen (secondary N) is 1. The highest BCUT2D eigenvalue weighted by atomic mass is 16.5. The third-order valence-electron chi connectivity index (χ3n) is 17.0. The van der Waals surface area contributed by atoms with Crippen LogP contribution in [0, 0.1) is 0 Å². The fraction of sp³-hybridized carbons (Fsp3) is 0.918. The van der Waals surface area contributed by atoms with Gasteiger partial charge in [0, 0.05) is 12.8 Å². The van der Waals surface area contributed by atoms with Crippen molar-refractivity contribution in [3.05, 3.63) is 24.3 Å². The zero-order valence-electron chi connectivity index (χ0n) is 53.6. The molecule has 0 radical (unpaired) electrons. The third kappa shape index (κ3) is 65.4. The predicted molar refractivity (Wildman–Crippen MR) is 347 cm³/mol. The number of allylic oxidation sites excluding steroid dienone is 4. The molecule has 0 aliphatic carbocycles. The first-order valence-corrected chi connectivity index (χ1v) is 36.1. The Kier molecular flexibility index (Phi) is 67.4. The second kappa shape index (κ2) is 68.8. The molecule has 0 saturated carbocycles. The van der Waals surface area contributed by atoms with Gasteiger partial charge in [-0.2, -0.15) is 0 Å². The Labute approximate surface area is 494 Å². The van der Waals surface area contributed by atoms with E-state index in [0.717, 1.165) is 44.9 Å². The van der Waals surface area contributed by atoms with E-state index in [1.165, 1.54) is 327 Å². The Bertz CT molecular complexity index is 1230. The Morgan fingerprint density at radius 3 is 0.899 bits per heavy atom. The molecule has 0 heterocycles. The molecule has 0 spiro atoms. The Morgan fingerprint density at radius 2 is 0.595 bits per heavy atom. The van der Waals surface area contributed by atoms with E-state index in [1.54, 1.807) is 0 Å². The molecule has 2 atom stereocenters. The van der Waals surface area contributed by atoms with Crippen molar-refractivity contribution in [3.63, 3.8) is 0 Å². The highest BCUT2D eigenvalue weighted by Gasteiger charge is 2.20. The smallest absolute Gasteiger partial charge is 0.305 e. The molecule has 3 N–H and O–H groups in total. The molecule has 0 aromatic heterocycles. The molecule has 1 amide bonds. The number of carbonyl (C=O) groups is 2. The number of amides is 1. The first-order valence-electron chi connectivity index (χ1n) is 36.1. The van der Waals surface area contributed by atoms with Crippen molar-refractivity contribution >= 4 is 11.9 Å². The van der Waals surface area contributed by atoms with Gasteiger partial charge in [-0.1, -0.05) is 340 Å². The standard InChI is InChI=1S/C73H141NO5/c1-3-5-7-9-11-13-15-17-19-20-21-22-23-24-26-29-32-35-38-41-45-49-53-57-61-65-71(76)70(69-75)74-72(77)66-62-58-54-50-46-42-39-36-33-30-27-25-28-31-34-37-40-44-48-52-56-60-64-68-79-73(78)67-63-59-55-51-47-43-18-16-14-12-10-8-6-4-2/h16,18,30,33,70-71,75-76H,3-15,17,19-29,31-32,34-69H2,1-2H3,(H,74,77)/b18-16-,33-30-. The minimum absolute atomic E-state index is 0.00394. The van der Waals surface area contributed by atoms with Crippen LogP contribution in [-0.4, -0.2) is 47.4 Å². The topological polar surface area (TPSA) is 95.9 Å². The number of hydrogen-bond donors (Lipinski definition) is 3. The van der Waals surface area contributed by atoms with Gasteiger partial charge in [0.2, 0.25) is 5.91 Å². The average molecular weight is 1110 g/mol. The lowest BCUT2D eigenvalue weighted by molar-refractivity contribution is -0.143. The zero-order chi connectivity index (χ0) is 57.1. The van der Waals surface area contributed by atoms with Crippen LogP contribution in [0.2, 0.25) is 0 Å². The molecule has 0 fully saturated rings. The number of ether oxygens (including phenoxy) is 1. The molecule has 6 heteroatoms. The van der Waals surface area contributed by atoms with E-state index in [1.807, 2.05) is 0 Å². The lowest BCUT2D eigenvalue weighted by Crippen LogP contribution is -2.45. The highest BCUT2D eigenvalue weighted by Crippen LogP contribution is 2.19. The summed E-state index contributed by atoms with van der Waals surface area (Å²) in [7, 11) is 0. The molecular weight excluding hydrogens is 971 g/mol. The predicted octanol–water partition coefficient (Wildman–Crippen LogP) is 23.3. The van der Waals surface area contributed by atoms with Gasteiger partial charge in [0.15, 0.2) is 0 Å². The van der Waals surface area contributed by atoms with Crippen LogP contribution in [0.1, 0.15) is 406 Å². The maximum atomic E-state index is 12.6. The van der Waals surface area contributed by atoms with Crippen LogP contribution in [-0.2, 0) is 14.3 Å².